The maximum Gasteiger partial charge on any atom is 0.416 e. The normalized spacial score (nSPS) is 11.5. The van der Waals surface area contributed by atoms with Crippen molar-refractivity contribution in [3.63, 3.8) is 0 Å². The van der Waals surface area contributed by atoms with Crippen LogP contribution in [0.5, 0.6) is 0 Å². The number of rotatable bonds is 1. The molecule has 0 amide bonds. The largest absolute Gasteiger partial charge is 0.416 e. The van der Waals surface area contributed by atoms with Gasteiger partial charge >= 0.3 is 6.18 Å². The van der Waals surface area contributed by atoms with Gasteiger partial charge in [-0.2, -0.15) is 13.2 Å². The molecule has 0 bridgehead atoms. The maximum atomic E-state index is 12.3. The number of hydrogen-bond acceptors (Lipinski definition) is 2. The van der Waals surface area contributed by atoms with E-state index in [2.05, 4.69) is 22.1 Å². The van der Waals surface area contributed by atoms with Gasteiger partial charge in [0, 0.05) is 17.8 Å². The van der Waals surface area contributed by atoms with Crippen LogP contribution in [0.3, 0.4) is 0 Å². The fraction of sp³-hybridized carbons (Fsp3) is 0.0909. The van der Waals surface area contributed by atoms with E-state index in [9.17, 15) is 13.2 Å². The van der Waals surface area contributed by atoms with E-state index >= 15 is 0 Å². The average molecular weight is 429 g/mol. The Kier molecular flexibility index (Phi) is 5.22. The van der Waals surface area contributed by atoms with Crippen LogP contribution in [-0.4, -0.2) is 19.1 Å². The number of imidazole rings is 2. The fourth-order valence-corrected chi connectivity index (χ4v) is 3.26. The van der Waals surface area contributed by atoms with E-state index in [4.69, 9.17) is 11.6 Å². The van der Waals surface area contributed by atoms with E-state index in [1.165, 1.54) is 12.4 Å². The molecule has 0 radical (unpaired) electrons. The molecule has 5 rings (SSSR count). The molecule has 2 heterocycles. The highest BCUT2D eigenvalue weighted by Crippen LogP contribution is 2.30. The van der Waals surface area contributed by atoms with Gasteiger partial charge in [-0.15, -0.1) is 0 Å². The number of para-hydroxylation sites is 1. The minimum absolute atomic E-state index is 0.363. The van der Waals surface area contributed by atoms with Gasteiger partial charge in [0.1, 0.15) is 6.33 Å². The number of aromatic nitrogens is 4. The van der Waals surface area contributed by atoms with Crippen LogP contribution in [0.25, 0.3) is 27.8 Å². The van der Waals surface area contributed by atoms with Gasteiger partial charge in [0.15, 0.2) is 0 Å². The lowest BCUT2D eigenvalue weighted by atomic mass is 10.2. The highest BCUT2D eigenvalue weighted by Gasteiger charge is 2.30. The summed E-state index contributed by atoms with van der Waals surface area (Å²) in [5.41, 5.74) is 3.48. The molecular formula is C22H16ClF3N4. The molecular weight excluding hydrogens is 413 g/mol. The third kappa shape index (κ3) is 4.02. The van der Waals surface area contributed by atoms with E-state index < -0.39 is 11.7 Å². The number of halogens is 4. The number of hydrogen-bond donors (Lipinski definition) is 0. The molecule has 5 aromatic rings. The molecule has 0 aliphatic carbocycles. The first-order valence-corrected chi connectivity index (χ1v) is 9.37. The Labute approximate surface area is 175 Å². The highest BCUT2D eigenvalue weighted by molar-refractivity contribution is 6.31. The smallest absolute Gasteiger partial charge is 0.334 e. The monoisotopic (exact) mass is 428 g/mol. The van der Waals surface area contributed by atoms with Crippen molar-refractivity contribution < 1.29 is 13.2 Å². The van der Waals surface area contributed by atoms with Gasteiger partial charge in [-0.25, -0.2) is 9.97 Å². The van der Waals surface area contributed by atoms with Crippen LogP contribution >= 0.6 is 11.6 Å². The lowest BCUT2D eigenvalue weighted by Gasteiger charge is -2.05. The van der Waals surface area contributed by atoms with E-state index in [1.807, 2.05) is 47.3 Å². The van der Waals surface area contributed by atoms with Gasteiger partial charge in [-0.3, -0.25) is 4.57 Å². The van der Waals surface area contributed by atoms with Crippen molar-refractivity contribution in [1.29, 1.82) is 0 Å². The van der Waals surface area contributed by atoms with Crippen LogP contribution in [0.15, 0.2) is 79.4 Å². The van der Waals surface area contributed by atoms with Crippen molar-refractivity contribution in [2.45, 2.75) is 6.18 Å². The molecule has 0 aliphatic rings. The molecule has 0 N–H and O–H groups in total. The Morgan fingerprint density at radius 3 is 2.20 bits per heavy atom. The standard InChI is InChI=1S/C13H9ClN2.C9H7F3N2/c14-10-6-7-13-12(8-10)15-9-16(13)11-4-2-1-3-5-11;1-14-5-13-7-4-6(9(10,11)12)2-3-8(7)14/h1-9H;2-5H,1H3. The Balaban J connectivity index is 0.000000147. The lowest BCUT2D eigenvalue weighted by molar-refractivity contribution is -0.137. The van der Waals surface area contributed by atoms with E-state index in [0.29, 0.717) is 16.1 Å². The van der Waals surface area contributed by atoms with Gasteiger partial charge in [0.2, 0.25) is 0 Å². The number of aryl methyl sites for hydroxylation is 1. The summed E-state index contributed by atoms with van der Waals surface area (Å²) in [5, 5.41) is 0.714. The predicted molar refractivity (Wildman–Crippen MR) is 112 cm³/mol. The van der Waals surface area contributed by atoms with Crippen LogP contribution in [0.2, 0.25) is 5.02 Å². The zero-order chi connectivity index (χ0) is 21.3. The molecule has 152 valence electrons. The summed E-state index contributed by atoms with van der Waals surface area (Å²) in [6.07, 6.45) is -0.993. The van der Waals surface area contributed by atoms with E-state index in [1.54, 1.807) is 11.6 Å². The molecule has 3 aromatic carbocycles. The number of benzene rings is 3. The molecule has 0 fully saturated rings. The Morgan fingerprint density at radius 2 is 1.47 bits per heavy atom. The minimum Gasteiger partial charge on any atom is -0.334 e. The molecule has 8 heteroatoms. The third-order valence-electron chi connectivity index (χ3n) is 4.60. The van der Waals surface area contributed by atoms with E-state index in [0.717, 1.165) is 28.9 Å². The fourth-order valence-electron chi connectivity index (χ4n) is 3.09. The summed E-state index contributed by atoms with van der Waals surface area (Å²) in [5.74, 6) is 0. The second-order valence-corrected chi connectivity index (χ2v) is 7.08. The summed E-state index contributed by atoms with van der Waals surface area (Å²) in [6.45, 7) is 0. The van der Waals surface area contributed by atoms with Crippen LogP contribution in [0.1, 0.15) is 5.56 Å². The average Bonchev–Trinajstić information content (AvgIpc) is 3.31. The SMILES string of the molecule is Clc1ccc2c(c1)ncn2-c1ccccc1.Cn1cnc2cc(C(F)(F)F)ccc21. The minimum atomic E-state index is -4.30. The first kappa shape index (κ1) is 20.0. The zero-order valence-corrected chi connectivity index (χ0v) is 16.6. The van der Waals surface area contributed by atoms with E-state index in [-0.39, 0.29) is 0 Å². The first-order chi connectivity index (χ1) is 14.3. The Hall–Kier alpha value is -3.32. The topological polar surface area (TPSA) is 35.6 Å². The second-order valence-electron chi connectivity index (χ2n) is 6.64. The van der Waals surface area contributed by atoms with Gasteiger partial charge in [0.25, 0.3) is 0 Å². The summed E-state index contributed by atoms with van der Waals surface area (Å²) < 4.78 is 40.6. The summed E-state index contributed by atoms with van der Waals surface area (Å²) in [6, 6.07) is 19.4. The third-order valence-corrected chi connectivity index (χ3v) is 4.83. The quantitative estimate of drug-likeness (QED) is 0.315. The van der Waals surface area contributed by atoms with Gasteiger partial charge < -0.3 is 4.57 Å². The molecule has 30 heavy (non-hydrogen) atoms. The predicted octanol–water partition coefficient (Wildman–Crippen LogP) is 6.27. The van der Waals surface area contributed by atoms with Crippen molar-refractivity contribution >= 4 is 33.7 Å². The summed E-state index contributed by atoms with van der Waals surface area (Å²) in [7, 11) is 1.74. The van der Waals surface area contributed by atoms with Crippen LogP contribution in [-0.2, 0) is 13.2 Å². The number of alkyl halides is 3. The number of fused-ring (bicyclic) bond motifs is 2. The molecule has 0 aliphatic heterocycles. The van der Waals surface area contributed by atoms with Crippen LogP contribution < -0.4 is 0 Å². The van der Waals surface area contributed by atoms with Gasteiger partial charge in [-0.1, -0.05) is 29.8 Å². The highest BCUT2D eigenvalue weighted by atomic mass is 35.5. The molecule has 4 nitrogen and oxygen atoms in total. The molecule has 2 aromatic heterocycles. The Bertz CT molecular complexity index is 1310. The summed E-state index contributed by atoms with van der Waals surface area (Å²) >= 11 is 5.92. The molecule has 0 spiro atoms. The van der Waals surface area contributed by atoms with Gasteiger partial charge in [0.05, 0.1) is 34.0 Å². The van der Waals surface area contributed by atoms with Crippen molar-refractivity contribution in [1.82, 2.24) is 19.1 Å². The molecule has 0 saturated carbocycles. The number of nitrogens with zero attached hydrogens (tertiary/aromatic N) is 4. The maximum absolute atomic E-state index is 12.3. The van der Waals surface area contributed by atoms with Crippen LogP contribution in [0, 0.1) is 0 Å². The van der Waals surface area contributed by atoms with Gasteiger partial charge in [-0.05, 0) is 48.5 Å². The summed E-state index contributed by atoms with van der Waals surface area (Å²) in [4.78, 5) is 8.19. The first-order valence-electron chi connectivity index (χ1n) is 8.99. The molecule has 0 unspecified atom stereocenters. The lowest BCUT2D eigenvalue weighted by Crippen LogP contribution is -2.04. The Morgan fingerprint density at radius 1 is 0.800 bits per heavy atom. The van der Waals surface area contributed by atoms with Crippen molar-refractivity contribution in [3.05, 3.63) is 90.0 Å². The van der Waals surface area contributed by atoms with Crippen LogP contribution in [0.4, 0.5) is 13.2 Å². The second kappa shape index (κ2) is 7.84. The van der Waals surface area contributed by atoms with Crippen molar-refractivity contribution in [2.75, 3.05) is 0 Å². The molecule has 0 saturated heterocycles. The zero-order valence-electron chi connectivity index (χ0n) is 15.8. The molecule has 0 atom stereocenters. The van der Waals surface area contributed by atoms with Crippen molar-refractivity contribution in [2.24, 2.45) is 7.05 Å². The van der Waals surface area contributed by atoms with Crippen molar-refractivity contribution in [3.8, 4) is 5.69 Å².